The first-order valence-corrected chi connectivity index (χ1v) is 6.91. The Hall–Kier alpha value is -3.02. The highest BCUT2D eigenvalue weighted by Crippen LogP contribution is 2.32. The molecule has 118 valence electrons. The van der Waals surface area contributed by atoms with Gasteiger partial charge >= 0.3 is 0 Å². The van der Waals surface area contributed by atoms with Crippen LogP contribution in [0.25, 0.3) is 0 Å². The van der Waals surface area contributed by atoms with Crippen LogP contribution < -0.4 is 0 Å². The maximum atomic E-state index is 12.9. The summed E-state index contributed by atoms with van der Waals surface area (Å²) in [6.45, 7) is 0. The quantitative estimate of drug-likeness (QED) is 0.726. The van der Waals surface area contributed by atoms with Crippen LogP contribution in [-0.2, 0) is 13.5 Å². The lowest BCUT2D eigenvalue weighted by molar-refractivity contribution is 0.100. The molecule has 2 heterocycles. The number of benzene rings is 1. The molecule has 0 radical (unpaired) electrons. The van der Waals surface area contributed by atoms with Crippen molar-refractivity contribution < 1.29 is 23.8 Å². The minimum absolute atomic E-state index is 0.0346. The van der Waals surface area contributed by atoms with Crippen LogP contribution in [0.1, 0.15) is 27.4 Å². The number of ketones is 1. The van der Waals surface area contributed by atoms with E-state index in [-0.39, 0.29) is 23.0 Å². The van der Waals surface area contributed by atoms with Gasteiger partial charge in [-0.1, -0.05) is 12.1 Å². The molecule has 2 aromatic heterocycles. The SMILES string of the molecule is Cn1cc(C(=O)c2ccc(Cc3ccc(F)cc3)o2)c(O)c1O. The molecule has 23 heavy (non-hydrogen) atoms. The monoisotopic (exact) mass is 315 g/mol. The summed E-state index contributed by atoms with van der Waals surface area (Å²) in [5.74, 6) is -1.10. The molecule has 0 aliphatic heterocycles. The lowest BCUT2D eigenvalue weighted by atomic mass is 10.1. The van der Waals surface area contributed by atoms with Crippen LogP contribution in [0.15, 0.2) is 47.0 Å². The Morgan fingerprint density at radius 3 is 2.48 bits per heavy atom. The van der Waals surface area contributed by atoms with Crippen LogP contribution in [0.5, 0.6) is 11.6 Å². The number of rotatable bonds is 4. The first kappa shape index (κ1) is 14.9. The van der Waals surface area contributed by atoms with Crippen LogP contribution in [0.4, 0.5) is 4.39 Å². The Kier molecular flexibility index (Phi) is 3.65. The van der Waals surface area contributed by atoms with E-state index >= 15 is 0 Å². The number of nitrogens with zero attached hydrogens (tertiary/aromatic N) is 1. The number of hydrogen-bond donors (Lipinski definition) is 2. The second kappa shape index (κ2) is 5.64. The van der Waals surface area contributed by atoms with Crippen LogP contribution in [0.3, 0.4) is 0 Å². The first-order valence-electron chi connectivity index (χ1n) is 6.91. The number of halogens is 1. The normalized spacial score (nSPS) is 10.9. The minimum atomic E-state index is -0.524. The van der Waals surface area contributed by atoms with Gasteiger partial charge in [-0.25, -0.2) is 4.39 Å². The number of carbonyl (C=O) groups is 1. The Morgan fingerprint density at radius 2 is 1.87 bits per heavy atom. The lowest BCUT2D eigenvalue weighted by Crippen LogP contribution is -1.98. The Labute approximate surface area is 131 Å². The highest BCUT2D eigenvalue weighted by molar-refractivity contribution is 6.09. The average Bonchev–Trinajstić information content (AvgIpc) is 3.10. The first-order chi connectivity index (χ1) is 11.0. The molecule has 1 aromatic carbocycles. The fourth-order valence-corrected chi connectivity index (χ4v) is 2.30. The lowest BCUT2D eigenvalue weighted by Gasteiger charge is -1.99. The van der Waals surface area contributed by atoms with Gasteiger partial charge in [-0.15, -0.1) is 0 Å². The summed E-state index contributed by atoms with van der Waals surface area (Å²) < 4.78 is 19.6. The second-order valence-corrected chi connectivity index (χ2v) is 5.22. The van der Waals surface area contributed by atoms with Crippen molar-refractivity contribution in [1.82, 2.24) is 4.57 Å². The van der Waals surface area contributed by atoms with Gasteiger partial charge in [0, 0.05) is 19.7 Å². The van der Waals surface area contributed by atoms with E-state index in [2.05, 4.69) is 0 Å². The molecule has 0 spiro atoms. The van der Waals surface area contributed by atoms with Crippen molar-refractivity contribution in [3.05, 3.63) is 71.1 Å². The third kappa shape index (κ3) is 2.83. The maximum absolute atomic E-state index is 12.9. The van der Waals surface area contributed by atoms with Crippen molar-refractivity contribution in [2.75, 3.05) is 0 Å². The highest BCUT2D eigenvalue weighted by Gasteiger charge is 2.22. The largest absolute Gasteiger partial charge is 0.503 e. The van der Waals surface area contributed by atoms with Gasteiger partial charge in [0.25, 0.3) is 0 Å². The molecular formula is C17H14FNO4. The maximum Gasteiger partial charge on any atom is 0.235 e. The fraction of sp³-hybridized carbons (Fsp3) is 0.118. The standard InChI is InChI=1S/C17H14FNO4/c1-19-9-13(16(21)17(19)22)15(20)14-7-6-12(23-14)8-10-2-4-11(18)5-3-10/h2-7,9,21-22H,8H2,1H3. The number of carbonyl (C=O) groups excluding carboxylic acids is 1. The smallest absolute Gasteiger partial charge is 0.235 e. The number of aromatic hydroxyl groups is 2. The molecule has 0 aliphatic rings. The summed E-state index contributed by atoms with van der Waals surface area (Å²) in [5, 5.41) is 19.3. The molecular weight excluding hydrogens is 301 g/mol. The Morgan fingerprint density at radius 1 is 1.17 bits per heavy atom. The predicted octanol–water partition coefficient (Wildman–Crippen LogP) is 2.99. The molecule has 0 unspecified atom stereocenters. The van der Waals surface area contributed by atoms with Gasteiger partial charge in [0.15, 0.2) is 11.5 Å². The summed E-state index contributed by atoms with van der Waals surface area (Å²) in [5.41, 5.74) is 0.813. The van der Waals surface area contributed by atoms with Gasteiger partial charge in [0.05, 0.1) is 5.56 Å². The number of hydrogen-bond acceptors (Lipinski definition) is 4. The van der Waals surface area contributed by atoms with E-state index in [1.54, 1.807) is 18.2 Å². The third-order valence-corrected chi connectivity index (χ3v) is 3.55. The summed E-state index contributed by atoms with van der Waals surface area (Å²) in [6, 6.07) is 9.15. The number of furan rings is 1. The molecule has 0 fully saturated rings. The minimum Gasteiger partial charge on any atom is -0.503 e. The van der Waals surface area contributed by atoms with E-state index in [9.17, 15) is 19.4 Å². The van der Waals surface area contributed by atoms with E-state index < -0.39 is 11.5 Å². The van der Waals surface area contributed by atoms with E-state index in [1.165, 1.54) is 36.0 Å². The predicted molar refractivity (Wildman–Crippen MR) is 80.1 cm³/mol. The zero-order valence-corrected chi connectivity index (χ0v) is 12.3. The number of aromatic nitrogens is 1. The molecule has 3 rings (SSSR count). The molecule has 0 atom stereocenters. The van der Waals surface area contributed by atoms with Crippen molar-refractivity contribution in [2.24, 2.45) is 7.05 Å². The molecule has 2 N–H and O–H groups in total. The van der Waals surface area contributed by atoms with Gasteiger partial charge in [0.1, 0.15) is 11.6 Å². The molecule has 3 aromatic rings. The number of aryl methyl sites for hydroxylation is 1. The van der Waals surface area contributed by atoms with Crippen LogP contribution in [0.2, 0.25) is 0 Å². The van der Waals surface area contributed by atoms with Gasteiger partial charge in [0.2, 0.25) is 11.7 Å². The molecule has 0 saturated heterocycles. The topological polar surface area (TPSA) is 75.6 Å². The van der Waals surface area contributed by atoms with Crippen molar-refractivity contribution in [1.29, 1.82) is 0 Å². The van der Waals surface area contributed by atoms with E-state index in [0.29, 0.717) is 12.2 Å². The molecule has 6 heteroatoms. The van der Waals surface area contributed by atoms with Crippen LogP contribution in [0, 0.1) is 5.82 Å². The Balaban J connectivity index is 1.82. The fourth-order valence-electron chi connectivity index (χ4n) is 2.30. The average molecular weight is 315 g/mol. The summed E-state index contributed by atoms with van der Waals surface area (Å²) in [7, 11) is 1.51. The summed E-state index contributed by atoms with van der Waals surface area (Å²) in [4.78, 5) is 12.3. The van der Waals surface area contributed by atoms with E-state index in [1.807, 2.05) is 0 Å². The zero-order chi connectivity index (χ0) is 16.6. The summed E-state index contributed by atoms with van der Waals surface area (Å²) >= 11 is 0. The molecule has 0 amide bonds. The van der Waals surface area contributed by atoms with E-state index in [4.69, 9.17) is 4.42 Å². The third-order valence-electron chi connectivity index (χ3n) is 3.55. The van der Waals surface area contributed by atoms with Crippen molar-refractivity contribution in [2.45, 2.75) is 6.42 Å². The van der Waals surface area contributed by atoms with Crippen LogP contribution >= 0.6 is 0 Å². The molecule has 0 bridgehead atoms. The summed E-state index contributed by atoms with van der Waals surface area (Å²) in [6.07, 6.45) is 1.74. The van der Waals surface area contributed by atoms with Crippen LogP contribution in [-0.4, -0.2) is 20.6 Å². The van der Waals surface area contributed by atoms with E-state index in [0.717, 1.165) is 5.56 Å². The molecule has 5 nitrogen and oxygen atoms in total. The molecule has 0 saturated carbocycles. The van der Waals surface area contributed by atoms with Crippen molar-refractivity contribution >= 4 is 5.78 Å². The second-order valence-electron chi connectivity index (χ2n) is 5.22. The van der Waals surface area contributed by atoms with Gasteiger partial charge in [-0.05, 0) is 29.8 Å². The van der Waals surface area contributed by atoms with Gasteiger partial charge < -0.3 is 19.2 Å². The Bertz CT molecular complexity index is 861. The van der Waals surface area contributed by atoms with Crippen molar-refractivity contribution in [3.63, 3.8) is 0 Å². The van der Waals surface area contributed by atoms with Gasteiger partial charge in [-0.3, -0.25) is 4.79 Å². The zero-order valence-electron chi connectivity index (χ0n) is 12.3. The highest BCUT2D eigenvalue weighted by atomic mass is 19.1. The van der Waals surface area contributed by atoms with Gasteiger partial charge in [-0.2, -0.15) is 0 Å². The van der Waals surface area contributed by atoms with Crippen molar-refractivity contribution in [3.8, 4) is 11.6 Å². The molecule has 0 aliphatic carbocycles.